The van der Waals surface area contributed by atoms with Crippen molar-refractivity contribution < 1.29 is 14.3 Å². The van der Waals surface area contributed by atoms with Crippen LogP contribution in [0.2, 0.25) is 0 Å². The van der Waals surface area contributed by atoms with Crippen LogP contribution >= 0.6 is 0 Å². The van der Waals surface area contributed by atoms with Crippen LogP contribution in [0.25, 0.3) is 0 Å². The molecule has 2 rings (SSSR count). The molecule has 1 atom stereocenters. The number of benzene rings is 1. The number of nitrogens with one attached hydrogen (secondary N) is 1. The molecular weight excluding hydrogens is 232 g/mol. The van der Waals surface area contributed by atoms with E-state index in [9.17, 15) is 4.79 Å². The van der Waals surface area contributed by atoms with E-state index < -0.39 is 0 Å². The lowest BCUT2D eigenvalue weighted by atomic mass is 10.2. The second-order valence-electron chi connectivity index (χ2n) is 4.42. The molecule has 0 saturated carbocycles. The van der Waals surface area contributed by atoms with E-state index in [4.69, 9.17) is 15.2 Å². The summed E-state index contributed by atoms with van der Waals surface area (Å²) in [6.07, 6.45) is 1.10. The number of carbonyl (C=O) groups excluding carboxylic acids is 1. The van der Waals surface area contributed by atoms with Gasteiger partial charge in [0.05, 0.1) is 0 Å². The van der Waals surface area contributed by atoms with Gasteiger partial charge in [-0.25, -0.2) is 0 Å². The molecule has 0 aliphatic carbocycles. The summed E-state index contributed by atoms with van der Waals surface area (Å²) in [7, 11) is 0. The third-order valence-electron chi connectivity index (χ3n) is 2.65. The van der Waals surface area contributed by atoms with Gasteiger partial charge in [-0.05, 0) is 25.5 Å². The standard InChI is InChI=1S/C13H18N2O3/c1-9(14)2-5-13(16)15-10-3-4-11-12(8-10)18-7-6-17-11/h3-4,8-9H,2,5-7,14H2,1H3,(H,15,16). The van der Waals surface area contributed by atoms with Crippen molar-refractivity contribution in [2.75, 3.05) is 18.5 Å². The number of hydrogen-bond acceptors (Lipinski definition) is 4. The van der Waals surface area contributed by atoms with Crippen molar-refractivity contribution >= 4 is 11.6 Å². The van der Waals surface area contributed by atoms with E-state index in [1.807, 2.05) is 6.92 Å². The van der Waals surface area contributed by atoms with Gasteiger partial charge in [-0.15, -0.1) is 0 Å². The summed E-state index contributed by atoms with van der Waals surface area (Å²) in [6.45, 7) is 2.99. The first kappa shape index (κ1) is 12.7. The number of ether oxygens (including phenoxy) is 2. The molecule has 1 aromatic carbocycles. The normalized spacial score (nSPS) is 15.0. The highest BCUT2D eigenvalue weighted by atomic mass is 16.6. The predicted molar refractivity (Wildman–Crippen MR) is 68.9 cm³/mol. The van der Waals surface area contributed by atoms with Gasteiger partial charge in [-0.2, -0.15) is 0 Å². The number of amides is 1. The fourth-order valence-electron chi connectivity index (χ4n) is 1.70. The van der Waals surface area contributed by atoms with E-state index in [0.717, 1.165) is 5.75 Å². The van der Waals surface area contributed by atoms with E-state index in [-0.39, 0.29) is 11.9 Å². The quantitative estimate of drug-likeness (QED) is 0.849. The van der Waals surface area contributed by atoms with Crippen LogP contribution in [0.5, 0.6) is 11.5 Å². The monoisotopic (exact) mass is 250 g/mol. The second kappa shape index (κ2) is 5.73. The molecule has 1 unspecified atom stereocenters. The third-order valence-corrected chi connectivity index (χ3v) is 2.65. The Bertz CT molecular complexity index is 432. The summed E-state index contributed by atoms with van der Waals surface area (Å²) in [4.78, 5) is 11.6. The van der Waals surface area contributed by atoms with Gasteiger partial charge >= 0.3 is 0 Å². The van der Waals surface area contributed by atoms with E-state index in [1.54, 1.807) is 18.2 Å². The van der Waals surface area contributed by atoms with Gasteiger partial charge in [0.1, 0.15) is 13.2 Å². The average molecular weight is 250 g/mol. The lowest BCUT2D eigenvalue weighted by molar-refractivity contribution is -0.116. The molecule has 3 N–H and O–H groups in total. The molecule has 1 aromatic rings. The van der Waals surface area contributed by atoms with E-state index in [1.165, 1.54) is 0 Å². The first-order valence-electron chi connectivity index (χ1n) is 6.10. The van der Waals surface area contributed by atoms with Crippen molar-refractivity contribution in [2.45, 2.75) is 25.8 Å². The van der Waals surface area contributed by atoms with Crippen LogP contribution < -0.4 is 20.5 Å². The van der Waals surface area contributed by atoms with Gasteiger partial charge in [0.15, 0.2) is 11.5 Å². The summed E-state index contributed by atoms with van der Waals surface area (Å²) in [5.74, 6) is 1.35. The zero-order valence-electron chi connectivity index (χ0n) is 10.4. The maximum absolute atomic E-state index is 11.6. The number of fused-ring (bicyclic) bond motifs is 1. The zero-order chi connectivity index (χ0) is 13.0. The van der Waals surface area contributed by atoms with Crippen molar-refractivity contribution in [3.63, 3.8) is 0 Å². The molecule has 0 aromatic heterocycles. The summed E-state index contributed by atoms with van der Waals surface area (Å²) in [5, 5.41) is 2.82. The van der Waals surface area contributed by atoms with Gasteiger partial charge in [0.2, 0.25) is 5.91 Å². The highest BCUT2D eigenvalue weighted by Crippen LogP contribution is 2.32. The minimum Gasteiger partial charge on any atom is -0.486 e. The molecule has 0 saturated heterocycles. The van der Waals surface area contributed by atoms with Gasteiger partial charge < -0.3 is 20.5 Å². The SMILES string of the molecule is CC(N)CCC(=O)Nc1ccc2c(c1)OCCO2. The fourth-order valence-corrected chi connectivity index (χ4v) is 1.70. The molecular formula is C13H18N2O3. The van der Waals surface area contributed by atoms with Crippen LogP contribution in [0.4, 0.5) is 5.69 Å². The summed E-state index contributed by atoms with van der Waals surface area (Å²) in [5.41, 5.74) is 6.33. The molecule has 1 amide bonds. The van der Waals surface area contributed by atoms with E-state index >= 15 is 0 Å². The van der Waals surface area contributed by atoms with Gasteiger partial charge in [0.25, 0.3) is 0 Å². The van der Waals surface area contributed by atoms with Crippen LogP contribution in [0.15, 0.2) is 18.2 Å². The maximum Gasteiger partial charge on any atom is 0.224 e. The van der Waals surface area contributed by atoms with Crippen LogP contribution in [0.1, 0.15) is 19.8 Å². The number of anilines is 1. The average Bonchev–Trinajstić information content (AvgIpc) is 2.36. The van der Waals surface area contributed by atoms with Gasteiger partial charge in [-0.3, -0.25) is 4.79 Å². The lowest BCUT2D eigenvalue weighted by Crippen LogP contribution is -2.20. The molecule has 5 heteroatoms. The van der Waals surface area contributed by atoms with Crippen molar-refractivity contribution in [2.24, 2.45) is 5.73 Å². The fraction of sp³-hybridized carbons (Fsp3) is 0.462. The lowest BCUT2D eigenvalue weighted by Gasteiger charge is -2.19. The number of carbonyl (C=O) groups is 1. The van der Waals surface area contributed by atoms with E-state index in [2.05, 4.69) is 5.32 Å². The largest absolute Gasteiger partial charge is 0.486 e. The Kier molecular flexibility index (Phi) is 4.04. The molecule has 98 valence electrons. The molecule has 0 fully saturated rings. The minimum absolute atomic E-state index is 0.0380. The highest BCUT2D eigenvalue weighted by molar-refractivity contribution is 5.91. The second-order valence-corrected chi connectivity index (χ2v) is 4.42. The first-order chi connectivity index (χ1) is 8.65. The number of hydrogen-bond donors (Lipinski definition) is 2. The highest BCUT2D eigenvalue weighted by Gasteiger charge is 2.12. The van der Waals surface area contributed by atoms with Crippen molar-refractivity contribution in [3.05, 3.63) is 18.2 Å². The van der Waals surface area contributed by atoms with Crippen LogP contribution in [0, 0.1) is 0 Å². The Labute approximate surface area is 106 Å². The smallest absolute Gasteiger partial charge is 0.224 e. The summed E-state index contributed by atoms with van der Waals surface area (Å²) < 4.78 is 10.9. The molecule has 1 aliphatic heterocycles. The number of nitrogens with two attached hydrogens (primary N) is 1. The van der Waals surface area contributed by atoms with Crippen LogP contribution in [-0.4, -0.2) is 25.2 Å². The van der Waals surface area contributed by atoms with Crippen molar-refractivity contribution in [1.82, 2.24) is 0 Å². The molecule has 0 bridgehead atoms. The number of rotatable bonds is 4. The van der Waals surface area contributed by atoms with Crippen LogP contribution in [-0.2, 0) is 4.79 Å². The first-order valence-corrected chi connectivity index (χ1v) is 6.10. The Morgan fingerprint density at radius 3 is 2.83 bits per heavy atom. The Morgan fingerprint density at radius 1 is 1.39 bits per heavy atom. The topological polar surface area (TPSA) is 73.6 Å². The van der Waals surface area contributed by atoms with Crippen LogP contribution in [0.3, 0.4) is 0 Å². The molecule has 1 heterocycles. The Hall–Kier alpha value is -1.75. The minimum atomic E-state index is -0.0380. The summed E-state index contributed by atoms with van der Waals surface area (Å²) >= 11 is 0. The van der Waals surface area contributed by atoms with Crippen molar-refractivity contribution in [1.29, 1.82) is 0 Å². The Balaban J connectivity index is 1.95. The molecule has 5 nitrogen and oxygen atoms in total. The molecule has 1 aliphatic rings. The van der Waals surface area contributed by atoms with Crippen molar-refractivity contribution in [3.8, 4) is 11.5 Å². The maximum atomic E-state index is 11.6. The molecule has 0 radical (unpaired) electrons. The van der Waals surface area contributed by atoms with Gasteiger partial charge in [0, 0.05) is 24.2 Å². The van der Waals surface area contributed by atoms with E-state index in [0.29, 0.717) is 37.5 Å². The molecule has 0 spiro atoms. The third kappa shape index (κ3) is 3.37. The predicted octanol–water partition coefficient (Wildman–Crippen LogP) is 1.52. The summed E-state index contributed by atoms with van der Waals surface area (Å²) in [6, 6.07) is 5.42. The molecule has 18 heavy (non-hydrogen) atoms. The van der Waals surface area contributed by atoms with Gasteiger partial charge in [-0.1, -0.05) is 0 Å². The zero-order valence-corrected chi connectivity index (χ0v) is 10.4. The Morgan fingerprint density at radius 2 is 2.11 bits per heavy atom.